The number of carbonyl (C=O) groups excluding carboxylic acids is 1. The van der Waals surface area contributed by atoms with E-state index in [0.29, 0.717) is 5.56 Å². The summed E-state index contributed by atoms with van der Waals surface area (Å²) in [6, 6.07) is 11.3. The zero-order valence-electron chi connectivity index (χ0n) is 13.4. The second-order valence-electron chi connectivity index (χ2n) is 5.49. The number of aromatic carboxylic acids is 1. The third-order valence-electron chi connectivity index (χ3n) is 3.64. The first-order valence-electron chi connectivity index (χ1n) is 7.85. The summed E-state index contributed by atoms with van der Waals surface area (Å²) in [6.45, 7) is 2.16. The van der Waals surface area contributed by atoms with E-state index in [9.17, 15) is 9.59 Å². The Kier molecular flexibility index (Phi) is 6.38. The summed E-state index contributed by atoms with van der Waals surface area (Å²) in [5, 5.41) is 8.98. The fourth-order valence-corrected chi connectivity index (χ4v) is 2.48. The van der Waals surface area contributed by atoms with E-state index < -0.39 is 11.9 Å². The quantitative estimate of drug-likeness (QED) is 0.436. The monoisotopic (exact) mass is 346 g/mol. The van der Waals surface area contributed by atoms with Crippen LogP contribution >= 0.6 is 11.6 Å². The molecule has 24 heavy (non-hydrogen) atoms. The molecule has 2 aromatic carbocycles. The van der Waals surface area contributed by atoms with E-state index in [1.54, 1.807) is 12.1 Å². The number of hydrogen-bond donors (Lipinski definition) is 1. The van der Waals surface area contributed by atoms with E-state index in [0.717, 1.165) is 12.8 Å². The summed E-state index contributed by atoms with van der Waals surface area (Å²) in [4.78, 5) is 23.0. The van der Waals surface area contributed by atoms with Crippen molar-refractivity contribution in [2.75, 3.05) is 0 Å². The predicted octanol–water partition coefficient (Wildman–Crippen LogP) is 4.99. The molecule has 0 aliphatic rings. The van der Waals surface area contributed by atoms with Crippen LogP contribution in [0.5, 0.6) is 5.75 Å². The summed E-state index contributed by atoms with van der Waals surface area (Å²) in [6.07, 6.45) is 4.48. The number of unbranched alkanes of at least 4 members (excludes halogenated alkanes) is 2. The molecule has 0 aliphatic heterocycles. The van der Waals surface area contributed by atoms with Gasteiger partial charge in [0.25, 0.3) is 0 Å². The predicted molar refractivity (Wildman–Crippen MR) is 93.0 cm³/mol. The van der Waals surface area contributed by atoms with Crippen LogP contribution in [0.1, 0.15) is 52.5 Å². The van der Waals surface area contributed by atoms with E-state index in [2.05, 4.69) is 6.92 Å². The smallest absolute Gasteiger partial charge is 0.343 e. The van der Waals surface area contributed by atoms with Gasteiger partial charge in [-0.3, -0.25) is 0 Å². The van der Waals surface area contributed by atoms with Gasteiger partial charge in [0.05, 0.1) is 16.1 Å². The number of carboxylic acid groups (broad SMARTS) is 1. The number of carboxylic acids is 1. The normalized spacial score (nSPS) is 10.4. The number of ether oxygens (including phenoxy) is 1. The lowest BCUT2D eigenvalue weighted by atomic mass is 10.1. The van der Waals surface area contributed by atoms with Gasteiger partial charge in [-0.25, -0.2) is 9.59 Å². The molecule has 2 rings (SSSR count). The Balaban J connectivity index is 2.03. The van der Waals surface area contributed by atoms with Crippen LogP contribution in [0.2, 0.25) is 5.02 Å². The molecule has 0 amide bonds. The molecule has 0 aromatic heterocycles. The summed E-state index contributed by atoms with van der Waals surface area (Å²) in [7, 11) is 0. The Labute approximate surface area is 146 Å². The maximum atomic E-state index is 12.2. The first-order chi connectivity index (χ1) is 11.5. The average molecular weight is 347 g/mol. The molecule has 1 N–H and O–H groups in total. The topological polar surface area (TPSA) is 63.6 Å². The molecule has 2 aromatic rings. The van der Waals surface area contributed by atoms with Crippen molar-refractivity contribution in [3.05, 3.63) is 64.2 Å². The van der Waals surface area contributed by atoms with Crippen LogP contribution in [-0.2, 0) is 6.42 Å². The highest BCUT2D eigenvalue weighted by atomic mass is 35.5. The van der Waals surface area contributed by atoms with E-state index >= 15 is 0 Å². The maximum Gasteiger partial charge on any atom is 0.343 e. The van der Waals surface area contributed by atoms with Crippen molar-refractivity contribution in [2.24, 2.45) is 0 Å². The minimum atomic E-state index is -1.09. The van der Waals surface area contributed by atoms with Gasteiger partial charge in [0, 0.05) is 0 Å². The third-order valence-corrected chi connectivity index (χ3v) is 3.94. The van der Waals surface area contributed by atoms with Gasteiger partial charge in [0.1, 0.15) is 5.75 Å². The molecule has 0 aliphatic carbocycles. The zero-order valence-corrected chi connectivity index (χ0v) is 14.2. The maximum absolute atomic E-state index is 12.2. The second kappa shape index (κ2) is 8.50. The average Bonchev–Trinajstić information content (AvgIpc) is 2.57. The van der Waals surface area contributed by atoms with Gasteiger partial charge in [-0.05, 0) is 48.7 Å². The lowest BCUT2D eigenvalue weighted by Gasteiger charge is -2.08. The molecule has 0 heterocycles. The Hall–Kier alpha value is -2.33. The van der Waals surface area contributed by atoms with Crippen LogP contribution in [0.15, 0.2) is 42.5 Å². The van der Waals surface area contributed by atoms with Crippen LogP contribution in [0.25, 0.3) is 0 Å². The molecule has 0 saturated carbocycles. The minimum absolute atomic E-state index is 0.0382. The lowest BCUT2D eigenvalue weighted by molar-refractivity contribution is 0.0696. The molecular formula is C19H19ClO4. The summed E-state index contributed by atoms with van der Waals surface area (Å²) < 4.78 is 5.24. The number of aryl methyl sites for hydroxylation is 1. The summed E-state index contributed by atoms with van der Waals surface area (Å²) >= 11 is 5.96. The van der Waals surface area contributed by atoms with Gasteiger partial charge < -0.3 is 9.84 Å². The number of esters is 1. The van der Waals surface area contributed by atoms with Crippen LogP contribution in [0, 0.1) is 0 Å². The molecule has 0 bridgehead atoms. The van der Waals surface area contributed by atoms with Crippen LogP contribution in [0.4, 0.5) is 0 Å². The number of rotatable bonds is 7. The minimum Gasteiger partial charge on any atom is -0.478 e. The second-order valence-corrected chi connectivity index (χ2v) is 5.90. The van der Waals surface area contributed by atoms with Gasteiger partial charge in [-0.1, -0.05) is 43.5 Å². The van der Waals surface area contributed by atoms with Gasteiger partial charge in [0.2, 0.25) is 0 Å². The molecular weight excluding hydrogens is 328 g/mol. The Morgan fingerprint density at radius 2 is 1.71 bits per heavy atom. The van der Waals surface area contributed by atoms with Crippen molar-refractivity contribution in [1.82, 2.24) is 0 Å². The summed E-state index contributed by atoms with van der Waals surface area (Å²) in [5.74, 6) is -1.48. The fraction of sp³-hybridized carbons (Fsp3) is 0.263. The van der Waals surface area contributed by atoms with Crippen molar-refractivity contribution < 1.29 is 19.4 Å². The van der Waals surface area contributed by atoms with Gasteiger partial charge >= 0.3 is 11.9 Å². The standard InChI is InChI=1S/C19H19ClO4/c1-2-3-4-5-13-6-8-14(9-7-13)19(23)24-17-11-10-15(18(21)22)12-16(17)20/h6-12H,2-5H2,1H3,(H,21,22). The van der Waals surface area contributed by atoms with Gasteiger partial charge in [-0.15, -0.1) is 0 Å². The SMILES string of the molecule is CCCCCc1ccc(C(=O)Oc2ccc(C(=O)O)cc2Cl)cc1. The van der Waals surface area contributed by atoms with E-state index in [-0.39, 0.29) is 16.3 Å². The van der Waals surface area contributed by atoms with Gasteiger partial charge in [0.15, 0.2) is 0 Å². The number of carbonyl (C=O) groups is 2. The van der Waals surface area contributed by atoms with Crippen LogP contribution in [0.3, 0.4) is 0 Å². The van der Waals surface area contributed by atoms with E-state index in [4.69, 9.17) is 21.4 Å². The molecule has 0 spiro atoms. The fourth-order valence-electron chi connectivity index (χ4n) is 2.26. The first kappa shape index (κ1) is 18.0. The molecule has 4 nitrogen and oxygen atoms in total. The largest absolute Gasteiger partial charge is 0.478 e. The Morgan fingerprint density at radius 1 is 1.04 bits per heavy atom. The van der Waals surface area contributed by atoms with E-state index in [1.165, 1.54) is 36.6 Å². The highest BCUT2D eigenvalue weighted by Gasteiger charge is 2.13. The zero-order chi connectivity index (χ0) is 17.5. The molecule has 0 atom stereocenters. The molecule has 5 heteroatoms. The van der Waals surface area contributed by atoms with Gasteiger partial charge in [-0.2, -0.15) is 0 Å². The van der Waals surface area contributed by atoms with Crippen LogP contribution < -0.4 is 4.74 Å². The van der Waals surface area contributed by atoms with Crippen molar-refractivity contribution in [3.8, 4) is 5.75 Å². The number of halogens is 1. The molecule has 0 unspecified atom stereocenters. The molecule has 126 valence electrons. The molecule has 0 saturated heterocycles. The van der Waals surface area contributed by atoms with Crippen molar-refractivity contribution >= 4 is 23.5 Å². The van der Waals surface area contributed by atoms with Crippen LogP contribution in [-0.4, -0.2) is 17.0 Å². The Bertz CT molecular complexity index is 723. The third kappa shape index (κ3) is 4.83. The first-order valence-corrected chi connectivity index (χ1v) is 8.23. The Morgan fingerprint density at radius 3 is 2.29 bits per heavy atom. The molecule has 0 radical (unpaired) electrons. The molecule has 0 fully saturated rings. The van der Waals surface area contributed by atoms with Crippen molar-refractivity contribution in [3.63, 3.8) is 0 Å². The van der Waals surface area contributed by atoms with Crippen molar-refractivity contribution in [2.45, 2.75) is 32.6 Å². The van der Waals surface area contributed by atoms with Crippen molar-refractivity contribution in [1.29, 1.82) is 0 Å². The highest BCUT2D eigenvalue weighted by molar-refractivity contribution is 6.32. The van der Waals surface area contributed by atoms with E-state index in [1.807, 2.05) is 12.1 Å². The lowest BCUT2D eigenvalue weighted by Crippen LogP contribution is -2.09. The highest BCUT2D eigenvalue weighted by Crippen LogP contribution is 2.26. The summed E-state index contributed by atoms with van der Waals surface area (Å²) in [5.41, 5.74) is 1.65. The number of benzene rings is 2. The number of hydrogen-bond acceptors (Lipinski definition) is 3.